The van der Waals surface area contributed by atoms with Gasteiger partial charge in [0.2, 0.25) is 15.9 Å². The first-order valence-corrected chi connectivity index (χ1v) is 14.7. The van der Waals surface area contributed by atoms with Gasteiger partial charge in [0.15, 0.2) is 0 Å². The van der Waals surface area contributed by atoms with Crippen molar-refractivity contribution in [3.63, 3.8) is 0 Å². The van der Waals surface area contributed by atoms with Crippen molar-refractivity contribution in [1.29, 1.82) is 0 Å². The van der Waals surface area contributed by atoms with E-state index in [4.69, 9.17) is 11.6 Å². The van der Waals surface area contributed by atoms with Gasteiger partial charge in [-0.05, 0) is 60.5 Å². The summed E-state index contributed by atoms with van der Waals surface area (Å²) in [6, 6.07) is 13.9. The minimum atomic E-state index is -4.86. The molecule has 3 aromatic rings. The number of fused-ring (bicyclic) bond motifs is 1. The van der Waals surface area contributed by atoms with Gasteiger partial charge in [-0.2, -0.15) is 13.2 Å². The predicted octanol–water partition coefficient (Wildman–Crippen LogP) is 4.39. The van der Waals surface area contributed by atoms with E-state index < -0.39 is 54.9 Å². The van der Waals surface area contributed by atoms with Gasteiger partial charge >= 0.3 is 6.18 Å². The third kappa shape index (κ3) is 5.62. The Morgan fingerprint density at radius 3 is 2.21 bits per heavy atom. The molecule has 0 bridgehead atoms. The Hall–Kier alpha value is -3.13. The first-order valence-electron chi connectivity index (χ1n) is 11.4. The molecule has 0 unspecified atom stereocenters. The summed E-state index contributed by atoms with van der Waals surface area (Å²) >= 11 is 5.74. The molecule has 0 spiro atoms. The molecule has 1 heterocycles. The Balaban J connectivity index is 1.74. The SMILES string of the molecule is CN(C)S(=O)(=O)c1ccc2c(c1)CCN2C(=O)CN(c1ccc(Cl)c(C(F)(F)F)c1)S(=O)(=O)c1ccccc1. The van der Waals surface area contributed by atoms with E-state index in [1.54, 1.807) is 6.07 Å². The Bertz CT molecular complexity index is 1630. The molecule has 4 rings (SSSR count). The number of anilines is 2. The quantitative estimate of drug-likeness (QED) is 0.400. The minimum absolute atomic E-state index is 0.0367. The van der Waals surface area contributed by atoms with Gasteiger partial charge in [0.1, 0.15) is 6.54 Å². The van der Waals surface area contributed by atoms with E-state index in [0.29, 0.717) is 28.0 Å². The number of sulfonamides is 2. The van der Waals surface area contributed by atoms with E-state index in [1.165, 1.54) is 61.5 Å². The Labute approximate surface area is 229 Å². The molecule has 1 aliphatic rings. The zero-order valence-corrected chi connectivity index (χ0v) is 23.1. The highest BCUT2D eigenvalue weighted by Gasteiger charge is 2.37. The maximum atomic E-state index is 13.6. The summed E-state index contributed by atoms with van der Waals surface area (Å²) in [5.74, 6) is -0.708. The fourth-order valence-electron chi connectivity index (χ4n) is 4.14. The minimum Gasteiger partial charge on any atom is -0.310 e. The smallest absolute Gasteiger partial charge is 0.310 e. The number of benzene rings is 3. The molecule has 0 atom stereocenters. The molecule has 0 aliphatic carbocycles. The van der Waals surface area contributed by atoms with Gasteiger partial charge in [-0.3, -0.25) is 9.10 Å². The van der Waals surface area contributed by atoms with Gasteiger partial charge in [0.05, 0.1) is 26.1 Å². The van der Waals surface area contributed by atoms with Crippen LogP contribution in [0.2, 0.25) is 5.02 Å². The number of amides is 1. The van der Waals surface area contributed by atoms with E-state index in [9.17, 15) is 34.8 Å². The molecule has 0 N–H and O–H groups in total. The van der Waals surface area contributed by atoms with Gasteiger partial charge in [-0.25, -0.2) is 21.1 Å². The number of carbonyl (C=O) groups excluding carboxylic acids is 1. The number of hydrogen-bond acceptors (Lipinski definition) is 5. The van der Waals surface area contributed by atoms with Crippen molar-refractivity contribution in [3.8, 4) is 0 Å². The number of rotatable bonds is 7. The number of hydrogen-bond donors (Lipinski definition) is 0. The fraction of sp³-hybridized carbons (Fsp3) is 0.240. The molecule has 0 saturated heterocycles. The van der Waals surface area contributed by atoms with Crippen molar-refractivity contribution in [1.82, 2.24) is 4.31 Å². The lowest BCUT2D eigenvalue weighted by Crippen LogP contribution is -2.42. The van der Waals surface area contributed by atoms with Crippen molar-refractivity contribution >= 4 is 48.9 Å². The molecule has 208 valence electrons. The molecular formula is C25H23ClF3N3O5S2. The molecule has 0 radical (unpaired) electrons. The van der Waals surface area contributed by atoms with Crippen LogP contribution in [0.15, 0.2) is 76.5 Å². The lowest BCUT2D eigenvalue weighted by atomic mass is 10.2. The standard InChI is InChI=1S/C25H23ClF3N3O5S2/c1-30(2)38(34,35)20-9-11-23-17(14-20)12-13-31(23)24(33)16-32(39(36,37)19-6-4-3-5-7-19)18-8-10-22(26)21(15-18)25(27,28)29/h3-11,14-15H,12-13,16H2,1-2H3. The number of halogens is 4. The van der Waals surface area contributed by atoms with Crippen LogP contribution in [-0.2, 0) is 37.4 Å². The molecule has 3 aromatic carbocycles. The van der Waals surface area contributed by atoms with E-state index in [1.807, 2.05) is 0 Å². The Morgan fingerprint density at radius 1 is 0.923 bits per heavy atom. The largest absolute Gasteiger partial charge is 0.417 e. The molecule has 39 heavy (non-hydrogen) atoms. The average Bonchev–Trinajstić information content (AvgIpc) is 3.31. The second-order valence-corrected chi connectivity index (χ2v) is 13.3. The van der Waals surface area contributed by atoms with Crippen molar-refractivity contribution < 1.29 is 34.8 Å². The molecule has 8 nitrogen and oxygen atoms in total. The normalized spacial score (nSPS) is 14.0. The lowest BCUT2D eigenvalue weighted by Gasteiger charge is -2.27. The summed E-state index contributed by atoms with van der Waals surface area (Å²) in [6.07, 6.45) is -4.56. The van der Waals surface area contributed by atoms with Crippen LogP contribution < -0.4 is 9.21 Å². The summed E-state index contributed by atoms with van der Waals surface area (Å²) < 4.78 is 94.5. The van der Waals surface area contributed by atoms with E-state index >= 15 is 0 Å². The predicted molar refractivity (Wildman–Crippen MR) is 141 cm³/mol. The van der Waals surface area contributed by atoms with Crippen LogP contribution in [0.25, 0.3) is 0 Å². The van der Waals surface area contributed by atoms with Crippen molar-refractivity contribution in [2.45, 2.75) is 22.4 Å². The van der Waals surface area contributed by atoms with Crippen molar-refractivity contribution in [2.75, 3.05) is 36.4 Å². The highest BCUT2D eigenvalue weighted by molar-refractivity contribution is 7.92. The summed E-state index contributed by atoms with van der Waals surface area (Å²) in [5, 5.41) is -0.619. The summed E-state index contributed by atoms with van der Waals surface area (Å²) in [4.78, 5) is 14.6. The van der Waals surface area contributed by atoms with Crippen LogP contribution in [0.3, 0.4) is 0 Å². The van der Waals surface area contributed by atoms with Gasteiger partial charge in [0.25, 0.3) is 10.0 Å². The molecule has 0 saturated carbocycles. The van der Waals surface area contributed by atoms with Crippen LogP contribution in [0, 0.1) is 0 Å². The van der Waals surface area contributed by atoms with Crippen LogP contribution in [0.4, 0.5) is 24.5 Å². The summed E-state index contributed by atoms with van der Waals surface area (Å²) in [7, 11) is -5.42. The number of alkyl halides is 3. The van der Waals surface area contributed by atoms with Crippen LogP contribution >= 0.6 is 11.6 Å². The van der Waals surface area contributed by atoms with Gasteiger partial charge in [0, 0.05) is 26.3 Å². The number of carbonyl (C=O) groups is 1. The molecule has 1 aliphatic heterocycles. The van der Waals surface area contributed by atoms with Crippen LogP contribution in [0.5, 0.6) is 0 Å². The van der Waals surface area contributed by atoms with E-state index in [0.717, 1.165) is 16.4 Å². The first kappa shape index (κ1) is 28.9. The number of nitrogens with zero attached hydrogens (tertiary/aromatic N) is 3. The molecule has 1 amide bonds. The zero-order valence-electron chi connectivity index (χ0n) is 20.7. The maximum Gasteiger partial charge on any atom is 0.417 e. The second-order valence-electron chi connectivity index (χ2n) is 8.86. The molecule has 0 aromatic heterocycles. The average molecular weight is 602 g/mol. The Kier molecular flexibility index (Phi) is 7.74. The van der Waals surface area contributed by atoms with Crippen LogP contribution in [-0.4, -0.2) is 54.2 Å². The van der Waals surface area contributed by atoms with Gasteiger partial charge in [-0.1, -0.05) is 29.8 Å². The topological polar surface area (TPSA) is 95.1 Å². The Morgan fingerprint density at radius 2 is 1.59 bits per heavy atom. The lowest BCUT2D eigenvalue weighted by molar-refractivity contribution is -0.137. The third-order valence-electron chi connectivity index (χ3n) is 6.18. The van der Waals surface area contributed by atoms with Crippen LogP contribution in [0.1, 0.15) is 11.1 Å². The maximum absolute atomic E-state index is 13.6. The first-order chi connectivity index (χ1) is 18.1. The zero-order chi connectivity index (χ0) is 28.8. The fourth-order valence-corrected chi connectivity index (χ4v) is 6.74. The molecule has 0 fully saturated rings. The van der Waals surface area contributed by atoms with Gasteiger partial charge < -0.3 is 4.90 Å². The second kappa shape index (κ2) is 10.5. The summed E-state index contributed by atoms with van der Waals surface area (Å²) in [6.45, 7) is -0.680. The van der Waals surface area contributed by atoms with E-state index in [-0.39, 0.29) is 16.3 Å². The highest BCUT2D eigenvalue weighted by atomic mass is 35.5. The van der Waals surface area contributed by atoms with E-state index in [2.05, 4.69) is 0 Å². The molecular weight excluding hydrogens is 579 g/mol. The highest BCUT2D eigenvalue weighted by Crippen LogP contribution is 2.38. The third-order valence-corrected chi connectivity index (χ3v) is 10.1. The summed E-state index contributed by atoms with van der Waals surface area (Å²) in [5.41, 5.74) is -0.684. The monoisotopic (exact) mass is 601 g/mol. The van der Waals surface area contributed by atoms with Gasteiger partial charge in [-0.15, -0.1) is 0 Å². The molecule has 14 heteroatoms. The van der Waals surface area contributed by atoms with Crippen molar-refractivity contribution in [3.05, 3.63) is 82.9 Å². The van der Waals surface area contributed by atoms with Crippen molar-refractivity contribution in [2.24, 2.45) is 0 Å².